The van der Waals surface area contributed by atoms with Crippen LogP contribution in [0.15, 0.2) is 48.5 Å². The molecule has 0 unspecified atom stereocenters. The topological polar surface area (TPSA) is 9.23 Å². The van der Waals surface area contributed by atoms with Crippen molar-refractivity contribution in [2.45, 2.75) is 13.5 Å². The quantitative estimate of drug-likeness (QED) is 0.751. The monoisotopic (exact) mass is 212 g/mol. The van der Waals surface area contributed by atoms with Crippen molar-refractivity contribution in [3.8, 4) is 11.1 Å². The smallest absolute Gasteiger partial charge is 0.0713 e. The van der Waals surface area contributed by atoms with Gasteiger partial charge in [-0.3, -0.25) is 0 Å². The van der Waals surface area contributed by atoms with Crippen LogP contribution in [0.1, 0.15) is 11.1 Å². The van der Waals surface area contributed by atoms with Crippen LogP contribution in [0, 0.1) is 6.92 Å². The first-order valence-electron chi connectivity index (χ1n) is 5.45. The SMILES string of the molecule is COCc1ccc(-c2ccccc2C)cc1. The molecule has 0 N–H and O–H groups in total. The van der Waals surface area contributed by atoms with Gasteiger partial charge in [-0.15, -0.1) is 0 Å². The summed E-state index contributed by atoms with van der Waals surface area (Å²) in [6.45, 7) is 2.81. The third kappa shape index (κ3) is 2.31. The molecule has 0 heterocycles. The third-order valence-corrected chi connectivity index (χ3v) is 2.72. The lowest BCUT2D eigenvalue weighted by Crippen LogP contribution is -1.87. The Kier molecular flexibility index (Phi) is 3.37. The molecule has 2 rings (SSSR count). The molecule has 0 aliphatic carbocycles. The second-order valence-electron chi connectivity index (χ2n) is 3.94. The van der Waals surface area contributed by atoms with Crippen molar-refractivity contribution >= 4 is 0 Å². The standard InChI is InChI=1S/C15H16O/c1-12-5-3-4-6-15(12)14-9-7-13(8-10-14)11-16-2/h3-10H,11H2,1-2H3. The Labute approximate surface area is 96.7 Å². The fourth-order valence-electron chi connectivity index (χ4n) is 1.84. The second-order valence-corrected chi connectivity index (χ2v) is 3.94. The number of hydrogen-bond donors (Lipinski definition) is 0. The summed E-state index contributed by atoms with van der Waals surface area (Å²) in [7, 11) is 1.72. The molecule has 0 aromatic heterocycles. The Bertz CT molecular complexity index is 457. The summed E-state index contributed by atoms with van der Waals surface area (Å²) in [4.78, 5) is 0. The van der Waals surface area contributed by atoms with E-state index in [1.807, 2.05) is 0 Å². The lowest BCUT2D eigenvalue weighted by atomic mass is 10.00. The maximum atomic E-state index is 5.10. The van der Waals surface area contributed by atoms with Crippen LogP contribution in [-0.2, 0) is 11.3 Å². The highest BCUT2D eigenvalue weighted by Gasteiger charge is 2.00. The first-order chi connectivity index (χ1) is 7.81. The highest BCUT2D eigenvalue weighted by molar-refractivity contribution is 5.67. The molecule has 0 spiro atoms. The molecule has 1 heteroatoms. The summed E-state index contributed by atoms with van der Waals surface area (Å²) < 4.78 is 5.10. The number of hydrogen-bond acceptors (Lipinski definition) is 1. The third-order valence-electron chi connectivity index (χ3n) is 2.72. The van der Waals surface area contributed by atoms with Crippen molar-refractivity contribution in [2.75, 3.05) is 7.11 Å². The van der Waals surface area contributed by atoms with E-state index < -0.39 is 0 Å². The minimum Gasteiger partial charge on any atom is -0.380 e. The van der Waals surface area contributed by atoms with E-state index in [1.165, 1.54) is 22.3 Å². The van der Waals surface area contributed by atoms with Crippen LogP contribution in [0.3, 0.4) is 0 Å². The van der Waals surface area contributed by atoms with Gasteiger partial charge in [0.15, 0.2) is 0 Å². The zero-order valence-corrected chi connectivity index (χ0v) is 9.73. The van der Waals surface area contributed by atoms with Crippen LogP contribution in [0.5, 0.6) is 0 Å². The van der Waals surface area contributed by atoms with Gasteiger partial charge in [0.05, 0.1) is 6.61 Å². The summed E-state index contributed by atoms with van der Waals surface area (Å²) in [6, 6.07) is 17.0. The highest BCUT2D eigenvalue weighted by Crippen LogP contribution is 2.23. The van der Waals surface area contributed by atoms with Crippen LogP contribution in [0.4, 0.5) is 0 Å². The van der Waals surface area contributed by atoms with E-state index in [0.29, 0.717) is 6.61 Å². The van der Waals surface area contributed by atoms with Crippen LogP contribution < -0.4 is 0 Å². The van der Waals surface area contributed by atoms with Crippen LogP contribution in [0.25, 0.3) is 11.1 Å². The maximum absolute atomic E-state index is 5.10. The van der Waals surface area contributed by atoms with Gasteiger partial charge in [0.2, 0.25) is 0 Å². The van der Waals surface area contributed by atoms with Crippen molar-refractivity contribution in [3.05, 3.63) is 59.7 Å². The van der Waals surface area contributed by atoms with E-state index in [0.717, 1.165) is 0 Å². The molecular weight excluding hydrogens is 196 g/mol. The van der Waals surface area contributed by atoms with Gasteiger partial charge in [0.25, 0.3) is 0 Å². The first kappa shape index (κ1) is 10.9. The Hall–Kier alpha value is -1.60. The second kappa shape index (κ2) is 4.95. The van der Waals surface area contributed by atoms with E-state index in [2.05, 4.69) is 55.5 Å². The van der Waals surface area contributed by atoms with Gasteiger partial charge in [-0.2, -0.15) is 0 Å². The van der Waals surface area contributed by atoms with Gasteiger partial charge >= 0.3 is 0 Å². The molecule has 1 nitrogen and oxygen atoms in total. The largest absolute Gasteiger partial charge is 0.380 e. The molecule has 0 bridgehead atoms. The number of ether oxygens (including phenoxy) is 1. The summed E-state index contributed by atoms with van der Waals surface area (Å²) in [5.41, 5.74) is 5.08. The summed E-state index contributed by atoms with van der Waals surface area (Å²) >= 11 is 0. The van der Waals surface area contributed by atoms with Crippen LogP contribution >= 0.6 is 0 Å². The van der Waals surface area contributed by atoms with Gasteiger partial charge in [0, 0.05) is 7.11 Å². The minimum absolute atomic E-state index is 0.675. The molecule has 82 valence electrons. The van der Waals surface area contributed by atoms with Crippen molar-refractivity contribution < 1.29 is 4.74 Å². The van der Waals surface area contributed by atoms with Gasteiger partial charge in [-0.25, -0.2) is 0 Å². The van der Waals surface area contributed by atoms with E-state index >= 15 is 0 Å². The van der Waals surface area contributed by atoms with E-state index in [-0.39, 0.29) is 0 Å². The molecule has 0 saturated heterocycles. The average molecular weight is 212 g/mol. The van der Waals surface area contributed by atoms with E-state index in [1.54, 1.807) is 7.11 Å². The molecule has 0 saturated carbocycles. The molecule has 0 amide bonds. The molecule has 2 aromatic carbocycles. The summed E-state index contributed by atoms with van der Waals surface area (Å²) in [5, 5.41) is 0. The molecule has 0 aliphatic rings. The fraction of sp³-hybridized carbons (Fsp3) is 0.200. The number of methoxy groups -OCH3 is 1. The Morgan fingerprint density at radius 2 is 1.62 bits per heavy atom. The molecule has 0 atom stereocenters. The van der Waals surface area contributed by atoms with Gasteiger partial charge in [-0.05, 0) is 29.2 Å². The molecule has 16 heavy (non-hydrogen) atoms. The number of rotatable bonds is 3. The summed E-state index contributed by atoms with van der Waals surface area (Å²) in [6.07, 6.45) is 0. The predicted octanol–water partition coefficient (Wildman–Crippen LogP) is 3.81. The lowest BCUT2D eigenvalue weighted by molar-refractivity contribution is 0.185. The van der Waals surface area contributed by atoms with E-state index in [9.17, 15) is 0 Å². The molecule has 0 radical (unpaired) electrons. The average Bonchev–Trinajstić information content (AvgIpc) is 2.31. The number of benzene rings is 2. The lowest BCUT2D eigenvalue weighted by Gasteiger charge is -2.06. The number of aryl methyl sites for hydroxylation is 1. The Morgan fingerprint density at radius 1 is 0.938 bits per heavy atom. The molecular formula is C15H16O. The van der Waals surface area contributed by atoms with E-state index in [4.69, 9.17) is 4.74 Å². The van der Waals surface area contributed by atoms with Crippen molar-refractivity contribution in [1.82, 2.24) is 0 Å². The zero-order valence-electron chi connectivity index (χ0n) is 9.73. The van der Waals surface area contributed by atoms with Gasteiger partial charge in [-0.1, -0.05) is 48.5 Å². The molecule has 2 aromatic rings. The molecule has 0 aliphatic heterocycles. The van der Waals surface area contributed by atoms with Gasteiger partial charge < -0.3 is 4.74 Å². The van der Waals surface area contributed by atoms with Crippen LogP contribution in [0.2, 0.25) is 0 Å². The predicted molar refractivity (Wildman–Crippen MR) is 67.3 cm³/mol. The fourth-order valence-corrected chi connectivity index (χ4v) is 1.84. The normalized spacial score (nSPS) is 10.4. The van der Waals surface area contributed by atoms with Crippen molar-refractivity contribution in [2.24, 2.45) is 0 Å². The van der Waals surface area contributed by atoms with Crippen LogP contribution in [-0.4, -0.2) is 7.11 Å². The van der Waals surface area contributed by atoms with Gasteiger partial charge in [0.1, 0.15) is 0 Å². The van der Waals surface area contributed by atoms with Crippen molar-refractivity contribution in [1.29, 1.82) is 0 Å². The molecule has 0 fully saturated rings. The Morgan fingerprint density at radius 3 is 2.25 bits per heavy atom. The Balaban J connectivity index is 2.31. The maximum Gasteiger partial charge on any atom is 0.0713 e. The minimum atomic E-state index is 0.675. The zero-order chi connectivity index (χ0) is 11.4. The summed E-state index contributed by atoms with van der Waals surface area (Å²) in [5.74, 6) is 0. The first-order valence-corrected chi connectivity index (χ1v) is 5.45. The van der Waals surface area contributed by atoms with Crippen molar-refractivity contribution in [3.63, 3.8) is 0 Å². The highest BCUT2D eigenvalue weighted by atomic mass is 16.5.